The van der Waals surface area contributed by atoms with Crippen molar-refractivity contribution in [3.05, 3.63) is 59.2 Å². The van der Waals surface area contributed by atoms with Crippen molar-refractivity contribution < 1.29 is 30.5 Å². The Labute approximate surface area is 143 Å². The van der Waals surface area contributed by atoms with E-state index in [1.807, 2.05) is 0 Å². The zero-order chi connectivity index (χ0) is 19.2. The van der Waals surface area contributed by atoms with E-state index in [0.29, 0.717) is 24.3 Å². The minimum Gasteiger partial charge on any atom is -0.448 e. The van der Waals surface area contributed by atoms with Crippen LogP contribution in [-0.2, 0) is 4.12 Å². The van der Waals surface area contributed by atoms with Gasteiger partial charge in [-0.2, -0.15) is 0 Å². The van der Waals surface area contributed by atoms with Crippen LogP contribution in [0.5, 0.6) is 0 Å². The molecule has 0 spiro atoms. The van der Waals surface area contributed by atoms with Crippen LogP contribution >= 0.6 is 0 Å². The summed E-state index contributed by atoms with van der Waals surface area (Å²) in [6.45, 7) is 5.78. The molecular formula is C16H16F6OSi2. The second kappa shape index (κ2) is 6.62. The van der Waals surface area contributed by atoms with Crippen molar-refractivity contribution in [3.8, 4) is 0 Å². The van der Waals surface area contributed by atoms with Gasteiger partial charge in [-0.1, -0.05) is 0 Å². The third-order valence-electron chi connectivity index (χ3n) is 3.73. The lowest BCUT2D eigenvalue weighted by Crippen LogP contribution is -2.60. The largest absolute Gasteiger partial charge is 0.448 e. The molecular weight excluding hydrogens is 378 g/mol. The van der Waals surface area contributed by atoms with Crippen molar-refractivity contribution in [1.82, 2.24) is 0 Å². The molecule has 0 heterocycles. The van der Waals surface area contributed by atoms with Crippen LogP contribution < -0.4 is 10.4 Å². The van der Waals surface area contributed by atoms with Gasteiger partial charge in [0.25, 0.3) is 0 Å². The highest BCUT2D eigenvalue weighted by atomic mass is 28.4. The van der Waals surface area contributed by atoms with E-state index in [-0.39, 0.29) is 0 Å². The average Bonchev–Trinajstić information content (AvgIpc) is 2.32. The Morgan fingerprint density at radius 2 is 0.800 bits per heavy atom. The van der Waals surface area contributed by atoms with Crippen molar-refractivity contribution in [3.63, 3.8) is 0 Å². The van der Waals surface area contributed by atoms with Crippen LogP contribution in [0.3, 0.4) is 0 Å². The number of rotatable bonds is 4. The average molecular weight is 394 g/mol. The molecule has 0 N–H and O–H groups in total. The maximum absolute atomic E-state index is 14.1. The maximum Gasteiger partial charge on any atom is 0.212 e. The molecule has 0 amide bonds. The first-order valence-corrected chi connectivity index (χ1v) is 13.2. The molecule has 1 nitrogen and oxygen atoms in total. The molecule has 0 fully saturated rings. The second-order valence-corrected chi connectivity index (χ2v) is 14.5. The first-order valence-electron chi connectivity index (χ1n) is 7.35. The molecule has 0 bridgehead atoms. The Hall–Kier alpha value is -1.59. The van der Waals surface area contributed by atoms with Crippen LogP contribution in [0.4, 0.5) is 26.3 Å². The van der Waals surface area contributed by atoms with Crippen molar-refractivity contribution in [2.75, 3.05) is 0 Å². The fourth-order valence-corrected chi connectivity index (χ4v) is 11.5. The van der Waals surface area contributed by atoms with Gasteiger partial charge in [-0.15, -0.1) is 0 Å². The van der Waals surface area contributed by atoms with Gasteiger partial charge in [0.05, 0.1) is 0 Å². The lowest BCUT2D eigenvalue weighted by molar-refractivity contribution is 0.524. The lowest BCUT2D eigenvalue weighted by atomic mass is 10.3. The normalized spacial score (nSPS) is 12.6. The van der Waals surface area contributed by atoms with E-state index in [2.05, 4.69) is 0 Å². The second-order valence-electron chi connectivity index (χ2n) is 6.61. The summed E-state index contributed by atoms with van der Waals surface area (Å²) in [5.74, 6) is -6.59. The molecule has 2 rings (SSSR count). The summed E-state index contributed by atoms with van der Waals surface area (Å²) in [5, 5.41) is -0.838. The summed E-state index contributed by atoms with van der Waals surface area (Å²) in [5.41, 5.74) is 0. The Morgan fingerprint density at radius 3 is 1.04 bits per heavy atom. The van der Waals surface area contributed by atoms with Crippen LogP contribution in [0.15, 0.2) is 24.3 Å². The summed E-state index contributed by atoms with van der Waals surface area (Å²) in [4.78, 5) is 0. The molecule has 0 aliphatic heterocycles. The van der Waals surface area contributed by atoms with Gasteiger partial charge in [0.1, 0.15) is 34.9 Å². The molecule has 0 radical (unpaired) electrons. The van der Waals surface area contributed by atoms with Crippen molar-refractivity contribution in [2.45, 2.75) is 26.2 Å². The van der Waals surface area contributed by atoms with E-state index in [0.717, 1.165) is 0 Å². The molecule has 2 aromatic carbocycles. The van der Waals surface area contributed by atoms with Gasteiger partial charge in [-0.25, -0.2) is 26.3 Å². The maximum atomic E-state index is 14.1. The lowest BCUT2D eigenvalue weighted by Gasteiger charge is -2.35. The molecule has 0 aliphatic rings. The molecule has 0 aromatic heterocycles. The first kappa shape index (κ1) is 19.7. The predicted molar refractivity (Wildman–Crippen MR) is 87.9 cm³/mol. The zero-order valence-corrected chi connectivity index (χ0v) is 16.0. The quantitative estimate of drug-likeness (QED) is 0.561. The van der Waals surface area contributed by atoms with E-state index < -0.39 is 61.9 Å². The van der Waals surface area contributed by atoms with Crippen molar-refractivity contribution in [2.24, 2.45) is 0 Å². The van der Waals surface area contributed by atoms with Crippen LogP contribution in [0, 0.1) is 34.9 Å². The molecule has 0 unspecified atom stereocenters. The minimum absolute atomic E-state index is 0.419. The zero-order valence-electron chi connectivity index (χ0n) is 14.0. The van der Waals surface area contributed by atoms with Gasteiger partial charge in [0.15, 0.2) is 0 Å². The number of benzene rings is 2. The minimum atomic E-state index is -3.35. The van der Waals surface area contributed by atoms with Gasteiger partial charge in [0.2, 0.25) is 16.6 Å². The van der Waals surface area contributed by atoms with Gasteiger partial charge in [-0.05, 0) is 26.2 Å². The molecule has 2 aromatic rings. The van der Waals surface area contributed by atoms with Crippen molar-refractivity contribution in [1.29, 1.82) is 0 Å². The smallest absolute Gasteiger partial charge is 0.212 e. The molecule has 0 aliphatic carbocycles. The standard InChI is InChI=1S/C16H16F6OSi2/c1-24(2,15-11(19)5-9(17)6-12(15)20)23-25(3,4)16-13(21)7-10(18)8-14(16)22/h5-8H,1-4H3. The van der Waals surface area contributed by atoms with E-state index >= 15 is 0 Å². The number of halogens is 6. The number of hydrogen-bond donors (Lipinski definition) is 0. The number of hydrogen-bond acceptors (Lipinski definition) is 1. The third kappa shape index (κ3) is 3.98. The molecule has 0 atom stereocenters. The molecule has 9 heteroatoms. The van der Waals surface area contributed by atoms with Gasteiger partial charge in [-0.3, -0.25) is 0 Å². The highest BCUT2D eigenvalue weighted by Crippen LogP contribution is 2.21. The molecule has 25 heavy (non-hydrogen) atoms. The van der Waals surface area contributed by atoms with Crippen LogP contribution in [0.2, 0.25) is 26.2 Å². The highest BCUT2D eigenvalue weighted by Gasteiger charge is 2.42. The van der Waals surface area contributed by atoms with Gasteiger partial charge >= 0.3 is 0 Å². The Morgan fingerprint density at radius 1 is 0.560 bits per heavy atom. The fourth-order valence-electron chi connectivity index (χ4n) is 2.97. The van der Waals surface area contributed by atoms with Gasteiger partial charge < -0.3 is 4.12 Å². The Bertz CT molecular complexity index is 709. The highest BCUT2D eigenvalue weighted by molar-refractivity contribution is 6.97. The summed E-state index contributed by atoms with van der Waals surface area (Å²) in [6, 6.07) is 2.13. The first-order chi connectivity index (χ1) is 11.3. The van der Waals surface area contributed by atoms with Crippen LogP contribution in [0.1, 0.15) is 0 Å². The van der Waals surface area contributed by atoms with E-state index in [9.17, 15) is 26.3 Å². The van der Waals surface area contributed by atoms with E-state index in [4.69, 9.17) is 4.12 Å². The van der Waals surface area contributed by atoms with E-state index in [1.54, 1.807) is 0 Å². The van der Waals surface area contributed by atoms with Crippen LogP contribution in [-0.4, -0.2) is 16.6 Å². The fraction of sp³-hybridized carbons (Fsp3) is 0.250. The van der Waals surface area contributed by atoms with Crippen LogP contribution in [0.25, 0.3) is 0 Å². The SMILES string of the molecule is C[Si](C)(O[Si](C)(C)c1c(F)cc(F)cc1F)c1c(F)cc(F)cc1F. The Kier molecular flexibility index (Phi) is 5.22. The van der Waals surface area contributed by atoms with E-state index in [1.165, 1.54) is 26.2 Å². The predicted octanol–water partition coefficient (Wildman–Crippen LogP) is 4.06. The monoisotopic (exact) mass is 394 g/mol. The molecule has 0 saturated heterocycles. The van der Waals surface area contributed by atoms with Gasteiger partial charge in [0, 0.05) is 34.6 Å². The summed E-state index contributed by atoms with van der Waals surface area (Å²) in [6.07, 6.45) is 0. The Balaban J connectivity index is 2.50. The topological polar surface area (TPSA) is 9.23 Å². The third-order valence-corrected chi connectivity index (χ3v) is 11.2. The molecule has 0 saturated carbocycles. The van der Waals surface area contributed by atoms with Crippen molar-refractivity contribution >= 4 is 27.0 Å². The summed E-state index contributed by atoms with van der Waals surface area (Å²) < 4.78 is 88.5. The summed E-state index contributed by atoms with van der Waals surface area (Å²) >= 11 is 0. The molecule has 136 valence electrons. The summed E-state index contributed by atoms with van der Waals surface area (Å²) in [7, 11) is -6.70.